The van der Waals surface area contributed by atoms with Crippen LogP contribution in [-0.4, -0.2) is 6.54 Å². The van der Waals surface area contributed by atoms with Crippen LogP contribution in [-0.2, 0) is 0 Å². The highest BCUT2D eigenvalue weighted by Gasteiger charge is 2.17. The minimum atomic E-state index is 0.218. The van der Waals surface area contributed by atoms with E-state index < -0.39 is 0 Å². The molecule has 0 saturated carbocycles. The van der Waals surface area contributed by atoms with E-state index in [2.05, 4.69) is 46.1 Å². The largest absolute Gasteiger partial charge is 0.384 e. The number of hydrogen-bond acceptors (Lipinski definition) is 2. The molecule has 1 heterocycles. The first-order valence-corrected chi connectivity index (χ1v) is 5.15. The summed E-state index contributed by atoms with van der Waals surface area (Å²) in [5.41, 5.74) is 8.46. The Labute approximate surface area is 85.7 Å². The average molecular weight is 274 g/mol. The summed E-state index contributed by atoms with van der Waals surface area (Å²) in [7, 11) is 0. The lowest BCUT2D eigenvalue weighted by atomic mass is 9.99. The van der Waals surface area contributed by atoms with Gasteiger partial charge in [-0.2, -0.15) is 0 Å². The zero-order chi connectivity index (χ0) is 8.55. The van der Waals surface area contributed by atoms with E-state index in [1.165, 1.54) is 14.8 Å². The van der Waals surface area contributed by atoms with Crippen LogP contribution in [0.4, 0.5) is 5.69 Å². The molecule has 2 nitrogen and oxygen atoms in total. The zero-order valence-electron chi connectivity index (χ0n) is 6.68. The molecular formula is C9H11IN2. The number of fused-ring (bicyclic) bond motifs is 1. The van der Waals surface area contributed by atoms with E-state index in [1.807, 2.05) is 0 Å². The number of rotatable bonds is 0. The summed E-state index contributed by atoms with van der Waals surface area (Å²) in [5, 5.41) is 3.37. The van der Waals surface area contributed by atoms with Crippen LogP contribution in [0.5, 0.6) is 0 Å². The van der Waals surface area contributed by atoms with Gasteiger partial charge in [-0.15, -0.1) is 0 Å². The normalized spacial score (nSPS) is 21.3. The molecule has 1 unspecified atom stereocenters. The van der Waals surface area contributed by atoms with Crippen molar-refractivity contribution in [3.05, 3.63) is 27.3 Å². The van der Waals surface area contributed by atoms with Crippen molar-refractivity contribution in [3.63, 3.8) is 0 Å². The van der Waals surface area contributed by atoms with Crippen LogP contribution >= 0.6 is 22.6 Å². The van der Waals surface area contributed by atoms with Gasteiger partial charge < -0.3 is 11.1 Å². The van der Waals surface area contributed by atoms with E-state index >= 15 is 0 Å². The number of anilines is 1. The molecule has 3 N–H and O–H groups in total. The van der Waals surface area contributed by atoms with Gasteiger partial charge in [0, 0.05) is 16.2 Å². The first-order valence-electron chi connectivity index (χ1n) is 4.07. The predicted octanol–water partition coefficient (Wildman–Crippen LogP) is 2.11. The first-order chi connectivity index (χ1) is 5.79. The molecule has 1 aliphatic heterocycles. The van der Waals surface area contributed by atoms with Crippen LogP contribution in [0, 0.1) is 3.57 Å². The van der Waals surface area contributed by atoms with Gasteiger partial charge in [-0.3, -0.25) is 0 Å². The fourth-order valence-electron chi connectivity index (χ4n) is 1.54. The third-order valence-corrected chi connectivity index (χ3v) is 3.10. The van der Waals surface area contributed by atoms with Crippen molar-refractivity contribution in [2.24, 2.45) is 5.73 Å². The zero-order valence-corrected chi connectivity index (χ0v) is 8.84. The van der Waals surface area contributed by atoms with Crippen LogP contribution < -0.4 is 11.1 Å². The Morgan fingerprint density at radius 3 is 3.08 bits per heavy atom. The summed E-state index contributed by atoms with van der Waals surface area (Å²) < 4.78 is 1.26. The second-order valence-corrected chi connectivity index (χ2v) is 4.19. The Bertz CT molecular complexity index is 299. The molecule has 1 aliphatic rings. The maximum Gasteiger partial charge on any atom is 0.0524 e. The molecule has 0 radical (unpaired) electrons. The summed E-state index contributed by atoms with van der Waals surface area (Å²) in [4.78, 5) is 0. The van der Waals surface area contributed by atoms with E-state index in [-0.39, 0.29) is 6.04 Å². The van der Waals surface area contributed by atoms with Gasteiger partial charge >= 0.3 is 0 Å². The smallest absolute Gasteiger partial charge is 0.0524 e. The Kier molecular flexibility index (Phi) is 2.23. The fourth-order valence-corrected chi connectivity index (χ4v) is 2.25. The number of halogens is 1. The molecule has 64 valence electrons. The maximum absolute atomic E-state index is 5.97. The quantitative estimate of drug-likeness (QED) is 0.711. The lowest BCUT2D eigenvalue weighted by Gasteiger charge is -2.24. The van der Waals surface area contributed by atoms with Crippen molar-refractivity contribution in [1.29, 1.82) is 0 Å². The summed E-state index contributed by atoms with van der Waals surface area (Å²) in [5.74, 6) is 0. The molecule has 0 amide bonds. The summed E-state index contributed by atoms with van der Waals surface area (Å²) >= 11 is 2.34. The van der Waals surface area contributed by atoms with Gasteiger partial charge in [0.15, 0.2) is 0 Å². The SMILES string of the molecule is NC1CCNc2c(I)cccc21. The molecular weight excluding hydrogens is 263 g/mol. The molecule has 0 fully saturated rings. The predicted molar refractivity (Wildman–Crippen MR) is 59.2 cm³/mol. The third kappa shape index (κ3) is 1.31. The highest BCUT2D eigenvalue weighted by atomic mass is 127. The molecule has 0 aromatic heterocycles. The van der Waals surface area contributed by atoms with Crippen LogP contribution in [0.15, 0.2) is 18.2 Å². The van der Waals surface area contributed by atoms with Crippen molar-refractivity contribution in [1.82, 2.24) is 0 Å². The van der Waals surface area contributed by atoms with Crippen LogP contribution in [0.3, 0.4) is 0 Å². The summed E-state index contributed by atoms with van der Waals surface area (Å²) in [6.45, 7) is 0.994. The molecule has 1 aromatic carbocycles. The average Bonchev–Trinajstić information content (AvgIpc) is 2.07. The monoisotopic (exact) mass is 274 g/mol. The van der Waals surface area contributed by atoms with Gasteiger partial charge in [0.05, 0.1) is 5.69 Å². The number of benzene rings is 1. The van der Waals surface area contributed by atoms with Crippen molar-refractivity contribution >= 4 is 28.3 Å². The Hall–Kier alpha value is -0.290. The Balaban J connectivity index is 2.52. The molecule has 1 aromatic rings. The molecule has 12 heavy (non-hydrogen) atoms. The van der Waals surface area contributed by atoms with E-state index in [4.69, 9.17) is 5.73 Å². The van der Waals surface area contributed by atoms with Gasteiger partial charge in [-0.05, 0) is 40.6 Å². The van der Waals surface area contributed by atoms with E-state index in [9.17, 15) is 0 Å². The van der Waals surface area contributed by atoms with Gasteiger partial charge in [-0.1, -0.05) is 12.1 Å². The van der Waals surface area contributed by atoms with Crippen LogP contribution in [0.2, 0.25) is 0 Å². The van der Waals surface area contributed by atoms with Crippen molar-refractivity contribution in [2.45, 2.75) is 12.5 Å². The molecule has 0 bridgehead atoms. The number of nitrogens with two attached hydrogens (primary N) is 1. The molecule has 1 atom stereocenters. The number of para-hydroxylation sites is 1. The lowest BCUT2D eigenvalue weighted by molar-refractivity contribution is 0.654. The molecule has 3 heteroatoms. The highest BCUT2D eigenvalue weighted by Crippen LogP contribution is 2.31. The van der Waals surface area contributed by atoms with Gasteiger partial charge in [-0.25, -0.2) is 0 Å². The van der Waals surface area contributed by atoms with Crippen LogP contribution in [0.1, 0.15) is 18.0 Å². The van der Waals surface area contributed by atoms with E-state index in [0.29, 0.717) is 0 Å². The Morgan fingerprint density at radius 2 is 2.33 bits per heavy atom. The topological polar surface area (TPSA) is 38.0 Å². The Morgan fingerprint density at radius 1 is 1.50 bits per heavy atom. The summed E-state index contributed by atoms with van der Waals surface area (Å²) in [6, 6.07) is 6.49. The van der Waals surface area contributed by atoms with E-state index in [0.717, 1.165) is 13.0 Å². The van der Waals surface area contributed by atoms with Crippen molar-refractivity contribution in [2.75, 3.05) is 11.9 Å². The van der Waals surface area contributed by atoms with Crippen LogP contribution in [0.25, 0.3) is 0 Å². The first kappa shape index (κ1) is 8.31. The molecule has 0 saturated heterocycles. The second kappa shape index (κ2) is 3.22. The van der Waals surface area contributed by atoms with Gasteiger partial charge in [0.2, 0.25) is 0 Å². The lowest BCUT2D eigenvalue weighted by Crippen LogP contribution is -2.22. The van der Waals surface area contributed by atoms with E-state index in [1.54, 1.807) is 0 Å². The number of hydrogen-bond donors (Lipinski definition) is 2. The fraction of sp³-hybridized carbons (Fsp3) is 0.333. The molecule has 0 aliphatic carbocycles. The van der Waals surface area contributed by atoms with Gasteiger partial charge in [0.1, 0.15) is 0 Å². The third-order valence-electron chi connectivity index (χ3n) is 2.20. The molecule has 2 rings (SSSR count). The minimum Gasteiger partial charge on any atom is -0.384 e. The standard InChI is InChI=1S/C9H11IN2/c10-7-3-1-2-6-8(11)4-5-12-9(6)7/h1-3,8,12H,4-5,11H2. The highest BCUT2D eigenvalue weighted by molar-refractivity contribution is 14.1. The molecule has 0 spiro atoms. The van der Waals surface area contributed by atoms with Crippen molar-refractivity contribution < 1.29 is 0 Å². The van der Waals surface area contributed by atoms with Gasteiger partial charge in [0.25, 0.3) is 0 Å². The number of nitrogens with one attached hydrogen (secondary N) is 1. The second-order valence-electron chi connectivity index (χ2n) is 3.03. The minimum absolute atomic E-state index is 0.218. The summed E-state index contributed by atoms with van der Waals surface area (Å²) in [6.07, 6.45) is 1.03. The maximum atomic E-state index is 5.97. The van der Waals surface area contributed by atoms with Crippen molar-refractivity contribution in [3.8, 4) is 0 Å².